The van der Waals surface area contributed by atoms with Gasteiger partial charge in [-0.15, -0.1) is 0 Å². The third-order valence-corrected chi connectivity index (χ3v) is 3.86. The summed E-state index contributed by atoms with van der Waals surface area (Å²) in [7, 11) is 0. The molecule has 0 aliphatic carbocycles. The summed E-state index contributed by atoms with van der Waals surface area (Å²) in [5.41, 5.74) is 0. The molecule has 6 nitrogen and oxygen atoms in total. The first kappa shape index (κ1) is 16.4. The van der Waals surface area contributed by atoms with Gasteiger partial charge in [-0.3, -0.25) is 9.80 Å². The van der Waals surface area contributed by atoms with Gasteiger partial charge in [-0.1, -0.05) is 25.9 Å². The van der Waals surface area contributed by atoms with Crippen molar-refractivity contribution in [1.82, 2.24) is 19.9 Å². The molecule has 0 bridgehead atoms. The molecule has 120 valence electrons. The number of aromatic nitrogens is 2. The van der Waals surface area contributed by atoms with Crippen molar-refractivity contribution < 1.29 is 9.63 Å². The highest BCUT2D eigenvalue weighted by molar-refractivity contribution is 4.88. The second kappa shape index (κ2) is 7.87. The molecule has 6 heteroatoms. The van der Waals surface area contributed by atoms with Gasteiger partial charge in [0.25, 0.3) is 0 Å². The van der Waals surface area contributed by atoms with Crippen LogP contribution in [0.4, 0.5) is 0 Å². The maximum Gasteiger partial charge on any atom is 0.226 e. The largest absolute Gasteiger partial charge is 0.392 e. The van der Waals surface area contributed by atoms with Crippen molar-refractivity contribution >= 4 is 0 Å². The van der Waals surface area contributed by atoms with E-state index in [2.05, 4.69) is 33.8 Å². The first-order valence-corrected chi connectivity index (χ1v) is 8.01. The highest BCUT2D eigenvalue weighted by atomic mass is 16.5. The van der Waals surface area contributed by atoms with Gasteiger partial charge in [0.1, 0.15) is 0 Å². The third kappa shape index (κ3) is 5.37. The molecule has 1 aliphatic rings. The van der Waals surface area contributed by atoms with E-state index in [4.69, 9.17) is 4.52 Å². The number of rotatable bonds is 7. The summed E-state index contributed by atoms with van der Waals surface area (Å²) < 4.78 is 5.27. The maximum absolute atomic E-state index is 9.70. The topological polar surface area (TPSA) is 65.6 Å². The van der Waals surface area contributed by atoms with Crippen molar-refractivity contribution in [2.45, 2.75) is 46.3 Å². The number of aliphatic hydroxyl groups excluding tert-OH is 1. The van der Waals surface area contributed by atoms with Gasteiger partial charge in [-0.25, -0.2) is 0 Å². The standard InChI is InChI=1S/C15H28N4O2/c1-4-13(20)10-18-5-7-19(8-6-18)11-14-16-15(21-17-14)9-12(2)3/h12-13,20H,4-11H2,1-3H3. The molecule has 1 saturated heterocycles. The van der Waals surface area contributed by atoms with E-state index in [9.17, 15) is 5.11 Å². The average molecular weight is 296 g/mol. The van der Waals surface area contributed by atoms with Gasteiger partial charge in [-0.05, 0) is 12.3 Å². The smallest absolute Gasteiger partial charge is 0.226 e. The molecule has 1 atom stereocenters. The lowest BCUT2D eigenvalue weighted by Gasteiger charge is -2.34. The molecule has 2 rings (SSSR count). The molecule has 1 aromatic rings. The van der Waals surface area contributed by atoms with Crippen molar-refractivity contribution in [2.75, 3.05) is 32.7 Å². The Bertz CT molecular complexity index is 414. The number of nitrogens with zero attached hydrogens (tertiary/aromatic N) is 4. The number of aliphatic hydroxyl groups is 1. The van der Waals surface area contributed by atoms with Gasteiger partial charge in [0.2, 0.25) is 5.89 Å². The van der Waals surface area contributed by atoms with Crippen LogP contribution in [0.3, 0.4) is 0 Å². The third-order valence-electron chi connectivity index (χ3n) is 3.86. The van der Waals surface area contributed by atoms with Gasteiger partial charge in [-0.2, -0.15) is 4.98 Å². The molecule has 0 radical (unpaired) electrons. The molecule has 0 spiro atoms. The summed E-state index contributed by atoms with van der Waals surface area (Å²) in [5, 5.41) is 13.8. The van der Waals surface area contributed by atoms with E-state index in [0.717, 1.165) is 63.8 Å². The summed E-state index contributed by atoms with van der Waals surface area (Å²) in [5.74, 6) is 2.06. The quantitative estimate of drug-likeness (QED) is 0.814. The Morgan fingerprint density at radius 2 is 1.86 bits per heavy atom. The summed E-state index contributed by atoms with van der Waals surface area (Å²) in [4.78, 5) is 9.12. The summed E-state index contributed by atoms with van der Waals surface area (Å²) in [6.45, 7) is 11.8. The molecule has 1 aliphatic heterocycles. The molecule has 0 amide bonds. The Kier molecular flexibility index (Phi) is 6.14. The summed E-state index contributed by atoms with van der Waals surface area (Å²) in [6.07, 6.45) is 1.46. The predicted molar refractivity (Wildman–Crippen MR) is 80.9 cm³/mol. The fraction of sp³-hybridized carbons (Fsp3) is 0.867. The highest BCUT2D eigenvalue weighted by Crippen LogP contribution is 2.10. The number of hydrogen-bond acceptors (Lipinski definition) is 6. The Morgan fingerprint density at radius 1 is 1.19 bits per heavy atom. The van der Waals surface area contributed by atoms with E-state index in [-0.39, 0.29) is 6.10 Å². The summed E-state index contributed by atoms with van der Waals surface area (Å²) in [6, 6.07) is 0. The predicted octanol–water partition coefficient (Wildman–Crippen LogP) is 1.16. The van der Waals surface area contributed by atoms with Crippen molar-refractivity contribution in [3.8, 4) is 0 Å². The van der Waals surface area contributed by atoms with Gasteiger partial charge in [0, 0.05) is 39.1 Å². The lowest BCUT2D eigenvalue weighted by Crippen LogP contribution is -2.48. The lowest BCUT2D eigenvalue weighted by molar-refractivity contribution is 0.0676. The van der Waals surface area contributed by atoms with Gasteiger partial charge in [0.05, 0.1) is 12.6 Å². The van der Waals surface area contributed by atoms with E-state index in [1.165, 1.54) is 0 Å². The fourth-order valence-corrected chi connectivity index (χ4v) is 2.54. The Labute approximate surface area is 127 Å². The van der Waals surface area contributed by atoms with Crippen molar-refractivity contribution in [2.24, 2.45) is 5.92 Å². The van der Waals surface area contributed by atoms with E-state index in [1.54, 1.807) is 0 Å². The van der Waals surface area contributed by atoms with Crippen molar-refractivity contribution in [3.63, 3.8) is 0 Å². The normalized spacial score (nSPS) is 19.3. The zero-order valence-corrected chi connectivity index (χ0v) is 13.5. The van der Waals surface area contributed by atoms with Crippen LogP contribution in [0.1, 0.15) is 38.9 Å². The Balaban J connectivity index is 1.74. The van der Waals surface area contributed by atoms with Gasteiger partial charge < -0.3 is 9.63 Å². The fourth-order valence-electron chi connectivity index (χ4n) is 2.54. The Morgan fingerprint density at radius 3 is 2.48 bits per heavy atom. The van der Waals surface area contributed by atoms with Gasteiger partial charge in [0.15, 0.2) is 5.82 Å². The highest BCUT2D eigenvalue weighted by Gasteiger charge is 2.20. The Hall–Kier alpha value is -0.980. The van der Waals surface area contributed by atoms with Crippen LogP contribution in [0.5, 0.6) is 0 Å². The molecule has 21 heavy (non-hydrogen) atoms. The molecular formula is C15H28N4O2. The summed E-state index contributed by atoms with van der Waals surface area (Å²) >= 11 is 0. The lowest BCUT2D eigenvalue weighted by atomic mass is 10.1. The van der Waals surface area contributed by atoms with Crippen LogP contribution in [0.25, 0.3) is 0 Å². The monoisotopic (exact) mass is 296 g/mol. The SMILES string of the molecule is CCC(O)CN1CCN(Cc2noc(CC(C)C)n2)CC1. The molecule has 1 N–H and O–H groups in total. The van der Waals surface area contributed by atoms with Crippen LogP contribution >= 0.6 is 0 Å². The molecule has 2 heterocycles. The minimum absolute atomic E-state index is 0.202. The minimum atomic E-state index is -0.202. The second-order valence-corrected chi connectivity index (χ2v) is 6.34. The van der Waals surface area contributed by atoms with Gasteiger partial charge >= 0.3 is 0 Å². The number of hydrogen-bond donors (Lipinski definition) is 1. The van der Waals surface area contributed by atoms with Crippen LogP contribution in [-0.2, 0) is 13.0 Å². The molecule has 0 aromatic carbocycles. The first-order valence-electron chi connectivity index (χ1n) is 8.01. The molecule has 1 aromatic heterocycles. The van der Waals surface area contributed by atoms with Crippen molar-refractivity contribution in [1.29, 1.82) is 0 Å². The minimum Gasteiger partial charge on any atom is -0.392 e. The average Bonchev–Trinajstić information content (AvgIpc) is 2.87. The zero-order valence-electron chi connectivity index (χ0n) is 13.5. The van der Waals surface area contributed by atoms with Crippen LogP contribution in [0, 0.1) is 5.92 Å². The van der Waals surface area contributed by atoms with Crippen LogP contribution in [-0.4, -0.2) is 63.9 Å². The molecular weight excluding hydrogens is 268 g/mol. The van der Waals surface area contributed by atoms with Crippen molar-refractivity contribution in [3.05, 3.63) is 11.7 Å². The van der Waals surface area contributed by atoms with E-state index in [0.29, 0.717) is 5.92 Å². The van der Waals surface area contributed by atoms with E-state index >= 15 is 0 Å². The zero-order chi connectivity index (χ0) is 15.2. The number of piperazine rings is 1. The second-order valence-electron chi connectivity index (χ2n) is 6.34. The molecule has 1 fully saturated rings. The number of β-amino-alcohol motifs (C(OH)–C–C–N with tert-alkyl or cyclic N) is 1. The first-order chi connectivity index (χ1) is 10.1. The van der Waals surface area contributed by atoms with E-state index in [1.807, 2.05) is 6.92 Å². The maximum atomic E-state index is 9.70. The molecule has 0 saturated carbocycles. The van der Waals surface area contributed by atoms with Crippen LogP contribution in [0.15, 0.2) is 4.52 Å². The molecule has 1 unspecified atom stereocenters. The van der Waals surface area contributed by atoms with E-state index < -0.39 is 0 Å². The van der Waals surface area contributed by atoms with Crippen LogP contribution in [0.2, 0.25) is 0 Å². The van der Waals surface area contributed by atoms with Crippen LogP contribution < -0.4 is 0 Å².